The van der Waals surface area contributed by atoms with Crippen LogP contribution in [-0.4, -0.2) is 14.9 Å². The van der Waals surface area contributed by atoms with Crippen LogP contribution in [0.4, 0.5) is 11.4 Å². The third-order valence-electron chi connectivity index (χ3n) is 1.73. The molecule has 0 bridgehead atoms. The first-order valence-corrected chi connectivity index (χ1v) is 3.40. The molecule has 2 aromatic rings. The number of nitrogen functional groups attached to an aromatic ring is 2. The van der Waals surface area contributed by atoms with Gasteiger partial charge in [-0.05, 0) is 12.1 Å². The maximum Gasteiger partial charge on any atom is 0.133 e. The Balaban J connectivity index is 2.87. The average Bonchev–Trinajstić information content (AvgIpc) is 2.35. The molecule has 5 heteroatoms. The van der Waals surface area contributed by atoms with E-state index in [-0.39, 0.29) is 0 Å². The Labute approximate surface area is 68.2 Å². The molecule has 0 aliphatic heterocycles. The van der Waals surface area contributed by atoms with E-state index in [0.29, 0.717) is 22.4 Å². The van der Waals surface area contributed by atoms with Gasteiger partial charge in [-0.1, -0.05) is 0 Å². The molecule has 2 rings (SSSR count). The van der Waals surface area contributed by atoms with Gasteiger partial charge in [0, 0.05) is 0 Å². The molecule has 0 aliphatic rings. The van der Waals surface area contributed by atoms with E-state index in [1.807, 2.05) is 0 Å². The van der Waals surface area contributed by atoms with E-state index >= 15 is 0 Å². The van der Waals surface area contributed by atoms with Crippen LogP contribution in [0.15, 0.2) is 18.5 Å². The van der Waals surface area contributed by atoms with Crippen molar-refractivity contribution in [1.29, 1.82) is 0 Å². The van der Waals surface area contributed by atoms with Crippen molar-refractivity contribution in [2.24, 2.45) is 0 Å². The lowest BCUT2D eigenvalue weighted by Gasteiger charge is -1.99. The summed E-state index contributed by atoms with van der Waals surface area (Å²) >= 11 is 0. The zero-order chi connectivity index (χ0) is 8.72. The summed E-state index contributed by atoms with van der Waals surface area (Å²) < 4.78 is 0.908. The number of rotatable bonds is 0. The molecule has 0 amide bonds. The highest BCUT2D eigenvalue weighted by Crippen LogP contribution is 2.21. The van der Waals surface area contributed by atoms with Gasteiger partial charge in [0.25, 0.3) is 0 Å². The fraction of sp³-hybridized carbons (Fsp3) is 0. The molecule has 0 atom stereocenters. The molecule has 1 aromatic carbocycles. The van der Waals surface area contributed by atoms with Crippen LogP contribution in [-0.2, 0) is 0 Å². The van der Waals surface area contributed by atoms with Crippen molar-refractivity contribution in [2.75, 3.05) is 11.5 Å². The quantitative estimate of drug-likeness (QED) is 0.389. The molecule has 5 nitrogen and oxygen atoms in total. The first-order valence-electron chi connectivity index (χ1n) is 3.40. The minimum absolute atomic E-state index is 0.443. The number of imidazole rings is 1. The lowest BCUT2D eigenvalue weighted by molar-refractivity contribution is 0.198. The van der Waals surface area contributed by atoms with Crippen LogP contribution in [0.25, 0.3) is 11.0 Å². The lowest BCUT2D eigenvalue weighted by atomic mass is 10.2. The summed E-state index contributed by atoms with van der Waals surface area (Å²) in [4.78, 5) is 3.90. The molecule has 0 radical (unpaired) electrons. The normalized spacial score (nSPS) is 10.7. The minimum atomic E-state index is 0.443. The van der Waals surface area contributed by atoms with Gasteiger partial charge in [-0.2, -0.15) is 4.73 Å². The smallest absolute Gasteiger partial charge is 0.133 e. The Morgan fingerprint density at radius 1 is 1.25 bits per heavy atom. The van der Waals surface area contributed by atoms with Crippen molar-refractivity contribution in [3.63, 3.8) is 0 Å². The van der Waals surface area contributed by atoms with Crippen molar-refractivity contribution < 1.29 is 5.21 Å². The molecule has 5 N–H and O–H groups in total. The Hall–Kier alpha value is -1.91. The van der Waals surface area contributed by atoms with Gasteiger partial charge in [0.05, 0.1) is 16.9 Å². The monoisotopic (exact) mass is 164 g/mol. The number of hydrogen-bond donors (Lipinski definition) is 3. The number of nitrogens with zero attached hydrogens (tertiary/aromatic N) is 2. The van der Waals surface area contributed by atoms with Crippen LogP contribution in [0.1, 0.15) is 0 Å². The molecule has 0 fully saturated rings. The fourth-order valence-electron chi connectivity index (χ4n) is 1.08. The lowest BCUT2D eigenvalue weighted by Crippen LogP contribution is -1.95. The summed E-state index contributed by atoms with van der Waals surface area (Å²) in [5.41, 5.74) is 13.2. The average molecular weight is 164 g/mol. The maximum absolute atomic E-state index is 9.18. The zero-order valence-electron chi connectivity index (χ0n) is 6.23. The standard InChI is InChI=1S/C7H8N4O/c8-4-1-6-7(2-5(4)9)11(12)3-10-6/h1-3,12H,8-9H2. The molecule has 62 valence electrons. The number of benzene rings is 1. The molecule has 12 heavy (non-hydrogen) atoms. The van der Waals surface area contributed by atoms with Gasteiger partial charge in [-0.25, -0.2) is 4.98 Å². The number of anilines is 2. The van der Waals surface area contributed by atoms with Crippen molar-refractivity contribution in [2.45, 2.75) is 0 Å². The van der Waals surface area contributed by atoms with Gasteiger partial charge in [0.15, 0.2) is 0 Å². The molecule has 0 saturated carbocycles. The zero-order valence-corrected chi connectivity index (χ0v) is 6.23. The predicted molar refractivity (Wildman–Crippen MR) is 45.7 cm³/mol. The molecule has 0 spiro atoms. The second kappa shape index (κ2) is 2.04. The Kier molecular flexibility index (Phi) is 1.15. The van der Waals surface area contributed by atoms with Crippen LogP contribution >= 0.6 is 0 Å². The van der Waals surface area contributed by atoms with Gasteiger partial charge in [0.1, 0.15) is 11.8 Å². The van der Waals surface area contributed by atoms with Crippen molar-refractivity contribution in [3.05, 3.63) is 18.5 Å². The second-order valence-corrected chi connectivity index (χ2v) is 2.56. The van der Waals surface area contributed by atoms with Crippen LogP contribution in [0.5, 0.6) is 0 Å². The van der Waals surface area contributed by atoms with Crippen molar-refractivity contribution in [3.8, 4) is 0 Å². The number of aromatic nitrogens is 2. The van der Waals surface area contributed by atoms with Crippen LogP contribution in [0.3, 0.4) is 0 Å². The van der Waals surface area contributed by atoms with E-state index in [4.69, 9.17) is 11.5 Å². The summed E-state index contributed by atoms with van der Waals surface area (Å²) in [5, 5.41) is 9.18. The number of nitrogens with two attached hydrogens (primary N) is 2. The van der Waals surface area contributed by atoms with E-state index in [1.165, 1.54) is 6.33 Å². The van der Waals surface area contributed by atoms with Crippen molar-refractivity contribution >= 4 is 22.4 Å². The first kappa shape index (κ1) is 6.78. The molecule has 1 aromatic heterocycles. The highest BCUT2D eigenvalue weighted by molar-refractivity contribution is 5.85. The summed E-state index contributed by atoms with van der Waals surface area (Å²) in [6.45, 7) is 0. The van der Waals surface area contributed by atoms with Gasteiger partial charge >= 0.3 is 0 Å². The van der Waals surface area contributed by atoms with E-state index in [2.05, 4.69) is 4.98 Å². The number of hydrogen-bond acceptors (Lipinski definition) is 4. The topological polar surface area (TPSA) is 90.1 Å². The summed E-state index contributed by atoms with van der Waals surface area (Å²) in [7, 11) is 0. The molecule has 0 saturated heterocycles. The second-order valence-electron chi connectivity index (χ2n) is 2.56. The molecule has 1 heterocycles. The first-order chi connectivity index (χ1) is 5.68. The summed E-state index contributed by atoms with van der Waals surface area (Å²) in [6.07, 6.45) is 1.30. The summed E-state index contributed by atoms with van der Waals surface area (Å²) in [5.74, 6) is 0. The Morgan fingerprint density at radius 2 is 1.92 bits per heavy atom. The van der Waals surface area contributed by atoms with Crippen molar-refractivity contribution in [1.82, 2.24) is 9.71 Å². The van der Waals surface area contributed by atoms with Gasteiger partial charge in [-0.15, -0.1) is 0 Å². The summed E-state index contributed by atoms with van der Waals surface area (Å²) in [6, 6.07) is 3.20. The van der Waals surface area contributed by atoms with Crippen LogP contribution in [0, 0.1) is 0 Å². The van der Waals surface area contributed by atoms with E-state index in [0.717, 1.165) is 4.73 Å². The Bertz CT molecular complexity index is 434. The molecular weight excluding hydrogens is 156 g/mol. The highest BCUT2D eigenvalue weighted by Gasteiger charge is 2.03. The minimum Gasteiger partial charge on any atom is -0.427 e. The van der Waals surface area contributed by atoms with Gasteiger partial charge < -0.3 is 16.7 Å². The van der Waals surface area contributed by atoms with E-state index in [1.54, 1.807) is 12.1 Å². The largest absolute Gasteiger partial charge is 0.427 e. The maximum atomic E-state index is 9.18. The molecule has 0 aliphatic carbocycles. The molecule has 0 unspecified atom stereocenters. The SMILES string of the molecule is Nc1cc2ncn(O)c2cc1N. The molecular formula is C7H8N4O. The van der Waals surface area contributed by atoms with Gasteiger partial charge in [-0.3, -0.25) is 0 Å². The number of fused-ring (bicyclic) bond motifs is 1. The Morgan fingerprint density at radius 3 is 2.67 bits per heavy atom. The van der Waals surface area contributed by atoms with Crippen LogP contribution < -0.4 is 11.5 Å². The van der Waals surface area contributed by atoms with E-state index < -0.39 is 0 Å². The van der Waals surface area contributed by atoms with Gasteiger partial charge in [0.2, 0.25) is 0 Å². The predicted octanol–water partition coefficient (Wildman–Crippen LogP) is 0.438. The van der Waals surface area contributed by atoms with E-state index in [9.17, 15) is 5.21 Å². The highest BCUT2D eigenvalue weighted by atomic mass is 16.5. The fourth-order valence-corrected chi connectivity index (χ4v) is 1.08. The third-order valence-corrected chi connectivity index (χ3v) is 1.73. The third kappa shape index (κ3) is 0.763. The van der Waals surface area contributed by atoms with Crippen LogP contribution in [0.2, 0.25) is 0 Å².